The van der Waals surface area contributed by atoms with Crippen molar-refractivity contribution in [1.82, 2.24) is 0 Å². The van der Waals surface area contributed by atoms with Gasteiger partial charge in [0.25, 0.3) is 0 Å². The van der Waals surface area contributed by atoms with Crippen molar-refractivity contribution in [3.8, 4) is 0 Å². The lowest BCUT2D eigenvalue weighted by molar-refractivity contribution is -0.138. The quantitative estimate of drug-likeness (QED) is 0.851. The van der Waals surface area contributed by atoms with E-state index in [1.165, 1.54) is 11.3 Å². The Kier molecular flexibility index (Phi) is 3.81. The Morgan fingerprint density at radius 3 is 2.78 bits per heavy atom. The number of esters is 1. The van der Waals surface area contributed by atoms with Crippen LogP contribution in [0.5, 0.6) is 0 Å². The van der Waals surface area contributed by atoms with E-state index in [9.17, 15) is 9.59 Å². The van der Waals surface area contributed by atoms with Gasteiger partial charge in [0.2, 0.25) is 0 Å². The third kappa shape index (κ3) is 2.46. The average molecular weight is 266 g/mol. The van der Waals surface area contributed by atoms with Gasteiger partial charge in [-0.1, -0.05) is 0 Å². The fraction of sp³-hybridized carbons (Fsp3) is 0.385. The summed E-state index contributed by atoms with van der Waals surface area (Å²) >= 11 is 1.21. The summed E-state index contributed by atoms with van der Waals surface area (Å²) in [6.07, 6.45) is 2.45. The Hall–Kier alpha value is -1.62. The molecule has 0 spiro atoms. The number of hydrogen-bond donors (Lipinski definition) is 1. The Bertz CT molecular complexity index is 513. The fourth-order valence-corrected chi connectivity index (χ4v) is 3.02. The van der Waals surface area contributed by atoms with Gasteiger partial charge >= 0.3 is 11.9 Å². The Morgan fingerprint density at radius 2 is 2.17 bits per heavy atom. The Balaban J connectivity index is 2.31. The molecule has 1 aromatic rings. The molecule has 1 N–H and O–H groups in total. The van der Waals surface area contributed by atoms with E-state index in [0.717, 1.165) is 23.3 Å². The van der Waals surface area contributed by atoms with Gasteiger partial charge in [0, 0.05) is 10.5 Å². The van der Waals surface area contributed by atoms with Gasteiger partial charge in [-0.2, -0.15) is 0 Å². The largest absolute Gasteiger partial charge is 0.477 e. The molecule has 4 nitrogen and oxygen atoms in total. The van der Waals surface area contributed by atoms with E-state index in [4.69, 9.17) is 9.84 Å². The highest BCUT2D eigenvalue weighted by Crippen LogP contribution is 2.37. The van der Waals surface area contributed by atoms with Crippen LogP contribution in [0.25, 0.3) is 5.57 Å². The van der Waals surface area contributed by atoms with Gasteiger partial charge in [-0.25, -0.2) is 9.59 Å². The van der Waals surface area contributed by atoms with Gasteiger partial charge in [0.15, 0.2) is 0 Å². The zero-order valence-electron chi connectivity index (χ0n) is 10.1. The summed E-state index contributed by atoms with van der Waals surface area (Å²) in [7, 11) is 0. The number of hydrogen-bond acceptors (Lipinski definition) is 4. The molecule has 0 atom stereocenters. The first-order chi connectivity index (χ1) is 8.63. The van der Waals surface area contributed by atoms with Crippen LogP contribution < -0.4 is 0 Å². The first-order valence-electron chi connectivity index (χ1n) is 5.86. The van der Waals surface area contributed by atoms with Gasteiger partial charge in [-0.05, 0) is 43.9 Å². The van der Waals surface area contributed by atoms with Crippen molar-refractivity contribution in [3.63, 3.8) is 0 Å². The predicted molar refractivity (Wildman–Crippen MR) is 68.7 cm³/mol. The summed E-state index contributed by atoms with van der Waals surface area (Å²) in [6.45, 7) is 2.14. The standard InChI is InChI=1S/C13H14O4S/c1-2-17-13(16)9-5-3-4-8(9)10-6-7-11(18-10)12(14)15/h6-7H,2-5H2,1H3,(H,14,15). The molecule has 1 aliphatic rings. The Labute approximate surface area is 109 Å². The van der Waals surface area contributed by atoms with Crippen LogP contribution in [0.3, 0.4) is 0 Å². The number of carbonyl (C=O) groups excluding carboxylic acids is 1. The molecular weight excluding hydrogens is 252 g/mol. The highest BCUT2D eigenvalue weighted by Gasteiger charge is 2.24. The second kappa shape index (κ2) is 5.35. The molecule has 0 unspecified atom stereocenters. The van der Waals surface area contributed by atoms with Crippen LogP contribution in [-0.4, -0.2) is 23.7 Å². The van der Waals surface area contributed by atoms with Crippen molar-refractivity contribution in [2.75, 3.05) is 6.61 Å². The molecule has 5 heteroatoms. The first-order valence-corrected chi connectivity index (χ1v) is 6.67. The Morgan fingerprint density at radius 1 is 1.39 bits per heavy atom. The molecule has 1 aliphatic carbocycles. The van der Waals surface area contributed by atoms with Crippen LogP contribution in [-0.2, 0) is 9.53 Å². The molecule has 1 heterocycles. The normalized spacial score (nSPS) is 14.9. The van der Waals surface area contributed by atoms with Crippen molar-refractivity contribution >= 4 is 28.8 Å². The minimum Gasteiger partial charge on any atom is -0.477 e. The van der Waals surface area contributed by atoms with Crippen LogP contribution in [0.2, 0.25) is 0 Å². The fourth-order valence-electron chi connectivity index (χ4n) is 2.07. The lowest BCUT2D eigenvalue weighted by Crippen LogP contribution is -2.06. The molecule has 0 saturated heterocycles. The number of aromatic carboxylic acids is 1. The van der Waals surface area contributed by atoms with Gasteiger partial charge in [-0.3, -0.25) is 0 Å². The molecule has 0 saturated carbocycles. The number of carboxylic acids is 1. The zero-order chi connectivity index (χ0) is 13.1. The summed E-state index contributed by atoms with van der Waals surface area (Å²) in [4.78, 5) is 23.8. The van der Waals surface area contributed by atoms with E-state index in [0.29, 0.717) is 23.5 Å². The van der Waals surface area contributed by atoms with Crippen molar-refractivity contribution in [2.45, 2.75) is 26.2 Å². The third-order valence-corrected chi connectivity index (χ3v) is 3.99. The molecule has 0 radical (unpaired) electrons. The van der Waals surface area contributed by atoms with Crippen molar-refractivity contribution < 1.29 is 19.4 Å². The van der Waals surface area contributed by atoms with Crippen molar-refractivity contribution in [3.05, 3.63) is 27.5 Å². The lowest BCUT2D eigenvalue weighted by Gasteiger charge is -2.05. The van der Waals surface area contributed by atoms with Gasteiger partial charge in [0.05, 0.1) is 6.61 Å². The topological polar surface area (TPSA) is 63.6 Å². The zero-order valence-corrected chi connectivity index (χ0v) is 10.9. The maximum Gasteiger partial charge on any atom is 0.345 e. The smallest absolute Gasteiger partial charge is 0.345 e. The van der Waals surface area contributed by atoms with Crippen molar-refractivity contribution in [1.29, 1.82) is 0 Å². The molecule has 96 valence electrons. The van der Waals surface area contributed by atoms with E-state index >= 15 is 0 Å². The maximum atomic E-state index is 11.8. The minimum absolute atomic E-state index is 0.268. The molecule has 0 fully saturated rings. The average Bonchev–Trinajstić information content (AvgIpc) is 2.98. The number of thiophene rings is 1. The van der Waals surface area contributed by atoms with Gasteiger partial charge in [-0.15, -0.1) is 11.3 Å². The van der Waals surface area contributed by atoms with Crippen LogP contribution in [0.4, 0.5) is 0 Å². The number of ether oxygens (including phenoxy) is 1. The highest BCUT2D eigenvalue weighted by atomic mass is 32.1. The summed E-state index contributed by atoms with van der Waals surface area (Å²) in [5, 5.41) is 8.90. The SMILES string of the molecule is CCOC(=O)C1=C(c2ccc(C(=O)O)s2)CCC1. The lowest BCUT2D eigenvalue weighted by atomic mass is 10.1. The van der Waals surface area contributed by atoms with Crippen LogP contribution in [0.15, 0.2) is 17.7 Å². The van der Waals surface area contributed by atoms with E-state index in [2.05, 4.69) is 0 Å². The molecule has 18 heavy (non-hydrogen) atoms. The molecule has 0 amide bonds. The number of carboxylic acid groups (broad SMARTS) is 1. The van der Waals surface area contributed by atoms with Crippen LogP contribution in [0, 0.1) is 0 Å². The summed E-state index contributed by atoms with van der Waals surface area (Å²) in [5.41, 5.74) is 1.65. The van der Waals surface area contributed by atoms with E-state index in [1.54, 1.807) is 19.1 Å². The van der Waals surface area contributed by atoms with E-state index in [1.807, 2.05) is 0 Å². The molecule has 2 rings (SSSR count). The minimum atomic E-state index is -0.928. The summed E-state index contributed by atoms with van der Waals surface area (Å²) < 4.78 is 5.02. The second-order valence-corrected chi connectivity index (χ2v) is 5.08. The number of rotatable bonds is 4. The highest BCUT2D eigenvalue weighted by molar-refractivity contribution is 7.15. The monoisotopic (exact) mass is 266 g/mol. The summed E-state index contributed by atoms with van der Waals surface area (Å²) in [5.74, 6) is -1.20. The van der Waals surface area contributed by atoms with Crippen LogP contribution in [0.1, 0.15) is 40.7 Å². The molecule has 0 aromatic carbocycles. The molecule has 0 aliphatic heterocycles. The van der Waals surface area contributed by atoms with E-state index < -0.39 is 5.97 Å². The maximum absolute atomic E-state index is 11.8. The number of allylic oxidation sites excluding steroid dienone is 1. The summed E-state index contributed by atoms with van der Waals surface area (Å²) in [6, 6.07) is 3.35. The first kappa shape index (κ1) is 12.8. The molecule has 1 aromatic heterocycles. The second-order valence-electron chi connectivity index (χ2n) is 4.00. The molecule has 0 bridgehead atoms. The van der Waals surface area contributed by atoms with Gasteiger partial charge in [0.1, 0.15) is 4.88 Å². The van der Waals surface area contributed by atoms with Crippen molar-refractivity contribution in [2.24, 2.45) is 0 Å². The predicted octanol–water partition coefficient (Wildman–Crippen LogP) is 2.95. The van der Waals surface area contributed by atoms with Crippen LogP contribution >= 0.6 is 11.3 Å². The third-order valence-electron chi connectivity index (χ3n) is 2.85. The molecular formula is C13H14O4S. The van der Waals surface area contributed by atoms with E-state index in [-0.39, 0.29) is 5.97 Å². The number of carbonyl (C=O) groups is 2. The van der Waals surface area contributed by atoms with Gasteiger partial charge < -0.3 is 9.84 Å².